The number of nitrogens with zero attached hydrogens (tertiary/aromatic N) is 5. The van der Waals surface area contributed by atoms with Crippen molar-refractivity contribution >= 4 is 50.7 Å². The summed E-state index contributed by atoms with van der Waals surface area (Å²) in [5, 5.41) is 7.63. The van der Waals surface area contributed by atoms with Gasteiger partial charge in [0.15, 0.2) is 17.5 Å². The number of anilines is 1. The Kier molecular flexibility index (Phi) is 4.44. The number of benzene rings is 4. The van der Waals surface area contributed by atoms with E-state index in [1.54, 1.807) is 0 Å². The maximum absolute atomic E-state index is 5.10. The first-order chi connectivity index (χ1) is 20.2. The number of amidine groups is 3. The Bertz CT molecular complexity index is 2310. The van der Waals surface area contributed by atoms with Crippen molar-refractivity contribution in [2.75, 3.05) is 5.32 Å². The van der Waals surface area contributed by atoms with Crippen LogP contribution in [0.5, 0.6) is 0 Å². The van der Waals surface area contributed by atoms with Gasteiger partial charge in [-0.1, -0.05) is 90.5 Å². The maximum atomic E-state index is 5.10. The number of nitrogens with one attached hydrogen (secondary N) is 3. The van der Waals surface area contributed by atoms with Crippen molar-refractivity contribution in [1.82, 2.24) is 9.97 Å². The summed E-state index contributed by atoms with van der Waals surface area (Å²) in [6.45, 7) is 2.09. The topological polar surface area (TPSA) is 105 Å². The third-order valence-corrected chi connectivity index (χ3v) is 7.92. The van der Waals surface area contributed by atoms with Gasteiger partial charge < -0.3 is 15.3 Å². The molecule has 8 heteroatoms. The third kappa shape index (κ3) is 3.31. The van der Waals surface area contributed by atoms with Gasteiger partial charge in [0.05, 0.1) is 0 Å². The fourth-order valence-corrected chi connectivity index (χ4v) is 5.96. The van der Waals surface area contributed by atoms with E-state index in [0.29, 0.717) is 28.5 Å². The summed E-state index contributed by atoms with van der Waals surface area (Å²) in [5.41, 5.74) is 6.54. The fraction of sp³-hybridized carbons (Fsp3) is 0.0606. The molecule has 41 heavy (non-hydrogen) atoms. The van der Waals surface area contributed by atoms with Crippen LogP contribution in [0.4, 0.5) is 11.6 Å². The first kappa shape index (κ1) is 22.2. The second-order valence-corrected chi connectivity index (χ2v) is 10.5. The first-order valence-electron chi connectivity index (χ1n) is 13.6. The largest absolute Gasteiger partial charge is 0.346 e. The van der Waals surface area contributed by atoms with Gasteiger partial charge in [-0.05, 0) is 13.0 Å². The number of hydrogen-bond acceptors (Lipinski definition) is 6. The summed E-state index contributed by atoms with van der Waals surface area (Å²) in [6.07, 6.45) is -0.318. The highest BCUT2D eigenvalue weighted by atomic mass is 15.2. The lowest BCUT2D eigenvalue weighted by molar-refractivity contribution is 0.853. The fourth-order valence-electron chi connectivity index (χ4n) is 5.96. The molecule has 9 rings (SSSR count). The molecule has 8 nitrogen and oxygen atoms in total. The van der Waals surface area contributed by atoms with E-state index in [0.717, 1.165) is 61.0 Å². The second-order valence-electron chi connectivity index (χ2n) is 10.5. The second kappa shape index (κ2) is 8.19. The van der Waals surface area contributed by atoms with Gasteiger partial charge in [0.2, 0.25) is 0 Å². The molecular weight excluding hydrogens is 508 g/mol. The van der Waals surface area contributed by atoms with E-state index in [2.05, 4.69) is 64.7 Å². The van der Waals surface area contributed by atoms with Gasteiger partial charge in [-0.3, -0.25) is 0 Å². The highest BCUT2D eigenvalue weighted by Gasteiger charge is 2.27. The van der Waals surface area contributed by atoms with Crippen LogP contribution in [0, 0.1) is 6.92 Å². The molecule has 0 saturated carbocycles. The first-order valence-corrected chi connectivity index (χ1v) is 13.6. The van der Waals surface area contributed by atoms with E-state index in [9.17, 15) is 0 Å². The average Bonchev–Trinajstić information content (AvgIpc) is 3.72. The number of aliphatic imine (C=N–C) groups is 3. The van der Waals surface area contributed by atoms with Crippen LogP contribution in [0.3, 0.4) is 0 Å². The molecule has 1 atom stereocenters. The van der Waals surface area contributed by atoms with Gasteiger partial charge in [0.25, 0.3) is 0 Å². The zero-order chi connectivity index (χ0) is 27.1. The van der Waals surface area contributed by atoms with Crippen LogP contribution in [0.2, 0.25) is 0 Å². The zero-order valence-electron chi connectivity index (χ0n) is 22.0. The summed E-state index contributed by atoms with van der Waals surface area (Å²) in [5.74, 6) is 3.48. The smallest absolute Gasteiger partial charge is 0.164 e. The van der Waals surface area contributed by atoms with E-state index in [1.165, 1.54) is 0 Å². The van der Waals surface area contributed by atoms with Crippen molar-refractivity contribution < 1.29 is 0 Å². The minimum Gasteiger partial charge on any atom is -0.346 e. The van der Waals surface area contributed by atoms with Crippen LogP contribution < -0.4 is 16.3 Å². The molecule has 5 heterocycles. The molecule has 1 unspecified atom stereocenters. The van der Waals surface area contributed by atoms with Crippen LogP contribution in [-0.2, 0) is 0 Å². The molecule has 0 saturated heterocycles. The summed E-state index contributed by atoms with van der Waals surface area (Å²) in [4.78, 5) is 32.2. The normalized spacial score (nSPS) is 16.7. The van der Waals surface area contributed by atoms with Gasteiger partial charge in [-0.25, -0.2) is 25.0 Å². The third-order valence-electron chi connectivity index (χ3n) is 7.92. The molecule has 0 spiro atoms. The molecule has 3 aliphatic heterocycles. The van der Waals surface area contributed by atoms with Crippen molar-refractivity contribution in [1.29, 1.82) is 0 Å². The van der Waals surface area contributed by atoms with Crippen LogP contribution in [0.25, 0.3) is 21.5 Å². The summed E-state index contributed by atoms with van der Waals surface area (Å²) in [7, 11) is 0. The predicted octanol–water partition coefficient (Wildman–Crippen LogP) is 5.62. The summed E-state index contributed by atoms with van der Waals surface area (Å²) in [6, 6.07) is 30.8. The van der Waals surface area contributed by atoms with Crippen molar-refractivity contribution in [3.63, 3.8) is 0 Å². The van der Waals surface area contributed by atoms with E-state index >= 15 is 0 Å². The Balaban J connectivity index is 1.39. The van der Waals surface area contributed by atoms with E-state index in [1.807, 2.05) is 48.5 Å². The Hall–Kier alpha value is -5.63. The number of hydrogen-bond donors (Lipinski definition) is 3. The number of fused-ring (bicyclic) bond motifs is 18. The molecule has 0 radical (unpaired) electrons. The van der Waals surface area contributed by atoms with Gasteiger partial charge in [-0.2, -0.15) is 0 Å². The summed E-state index contributed by atoms with van der Waals surface area (Å²) < 4.78 is 0. The Morgan fingerprint density at radius 2 is 1.20 bits per heavy atom. The molecule has 3 N–H and O–H groups in total. The lowest BCUT2D eigenvalue weighted by atomic mass is 10.0. The molecule has 0 amide bonds. The highest BCUT2D eigenvalue weighted by molar-refractivity contribution is 6.23. The van der Waals surface area contributed by atoms with E-state index < -0.39 is 0 Å². The molecule has 0 aliphatic carbocycles. The predicted molar refractivity (Wildman–Crippen MR) is 162 cm³/mol. The summed E-state index contributed by atoms with van der Waals surface area (Å²) >= 11 is 0. The number of aromatic nitrogens is 2. The molecule has 8 bridgehead atoms. The standard InChI is InChI=1S/C33H22N8/c1-17-14-15-24-25(16-17)33-40-31-23-13-7-6-12-22(23)29(38-31)36-27-19-9-3-2-8-18(19)26(34-27)35-28-20-10-4-5-11-21(20)30(37-28)39-32(24)41-33/h2-16,32,37,39H,1H3,(H,34,35,36,38,40,41). The van der Waals surface area contributed by atoms with Crippen molar-refractivity contribution in [3.8, 4) is 0 Å². The van der Waals surface area contributed by atoms with Gasteiger partial charge in [-0.15, -0.1) is 0 Å². The Morgan fingerprint density at radius 3 is 1.95 bits per heavy atom. The Labute approximate surface area is 233 Å². The lowest BCUT2D eigenvalue weighted by Crippen LogP contribution is -2.15. The molecular formula is C33H22N8. The maximum Gasteiger partial charge on any atom is 0.164 e. The SMILES string of the molecule is Cc1ccc2c(c1)C1=NC2Nc2[nH]c(c3ccccc23)N=C2N=C(N=c3[nH]c(c4ccccc34)=N1)c1ccccc12. The van der Waals surface area contributed by atoms with E-state index in [4.69, 9.17) is 25.0 Å². The van der Waals surface area contributed by atoms with Crippen molar-refractivity contribution in [2.24, 2.45) is 25.0 Å². The number of aryl methyl sites for hydroxylation is 1. The minimum atomic E-state index is -0.318. The molecule has 0 fully saturated rings. The molecule has 4 aromatic carbocycles. The number of H-pyrrole nitrogens is 2. The van der Waals surface area contributed by atoms with Gasteiger partial charge >= 0.3 is 0 Å². The number of rotatable bonds is 0. The monoisotopic (exact) mass is 530 g/mol. The quantitative estimate of drug-likeness (QED) is 0.233. The number of aromatic amines is 2. The van der Waals surface area contributed by atoms with Crippen LogP contribution in [0.1, 0.15) is 34.0 Å². The van der Waals surface area contributed by atoms with Crippen LogP contribution in [0.15, 0.2) is 116 Å². The average molecular weight is 531 g/mol. The highest BCUT2D eigenvalue weighted by Crippen LogP contribution is 2.38. The molecule has 6 aromatic rings. The van der Waals surface area contributed by atoms with Crippen LogP contribution >= 0.6 is 0 Å². The van der Waals surface area contributed by atoms with Gasteiger partial charge in [0, 0.05) is 43.8 Å². The molecule has 194 valence electrons. The Morgan fingerprint density at radius 1 is 0.561 bits per heavy atom. The van der Waals surface area contributed by atoms with Crippen LogP contribution in [-0.4, -0.2) is 27.5 Å². The van der Waals surface area contributed by atoms with Crippen molar-refractivity contribution in [3.05, 3.63) is 130 Å². The van der Waals surface area contributed by atoms with Gasteiger partial charge in [0.1, 0.15) is 28.8 Å². The zero-order valence-corrected chi connectivity index (χ0v) is 22.0. The molecule has 3 aliphatic rings. The lowest BCUT2D eigenvalue weighted by Gasteiger charge is -2.12. The minimum absolute atomic E-state index is 0.318. The van der Waals surface area contributed by atoms with E-state index in [-0.39, 0.29) is 6.17 Å². The molecule has 2 aromatic heterocycles. The van der Waals surface area contributed by atoms with Crippen molar-refractivity contribution in [2.45, 2.75) is 13.1 Å².